The molecule has 0 atom stereocenters. The highest BCUT2D eigenvalue weighted by atomic mass is 15.3. The molecular weight excluding hydrogens is 258 g/mol. The van der Waals surface area contributed by atoms with Gasteiger partial charge in [-0.15, -0.1) is 0 Å². The normalized spacial score (nSPS) is 15.8. The number of para-hydroxylation sites is 1. The molecule has 0 spiro atoms. The summed E-state index contributed by atoms with van der Waals surface area (Å²) in [4.78, 5) is 0. The second-order valence-electron chi connectivity index (χ2n) is 5.65. The van der Waals surface area contributed by atoms with Crippen LogP contribution in [0, 0.1) is 0 Å². The molecule has 104 valence electrons. The summed E-state index contributed by atoms with van der Waals surface area (Å²) in [5, 5.41) is 4.78. The fourth-order valence-electron chi connectivity index (χ4n) is 2.98. The zero-order valence-electron chi connectivity index (χ0n) is 11.7. The van der Waals surface area contributed by atoms with Gasteiger partial charge in [-0.2, -0.15) is 5.10 Å². The topological polar surface area (TPSA) is 43.8 Å². The van der Waals surface area contributed by atoms with Crippen molar-refractivity contribution in [3.63, 3.8) is 0 Å². The smallest absolute Gasteiger partial charge is 0.127 e. The molecule has 1 fully saturated rings. The van der Waals surface area contributed by atoms with Gasteiger partial charge in [-0.05, 0) is 30.5 Å². The zero-order valence-corrected chi connectivity index (χ0v) is 11.7. The van der Waals surface area contributed by atoms with Crippen LogP contribution in [0.4, 0.5) is 5.82 Å². The Kier molecular flexibility index (Phi) is 2.61. The fourth-order valence-corrected chi connectivity index (χ4v) is 2.98. The summed E-state index contributed by atoms with van der Waals surface area (Å²) in [6, 6.07) is 22.7. The Morgan fingerprint density at radius 3 is 2.14 bits per heavy atom. The predicted octanol–water partition coefficient (Wildman–Crippen LogP) is 3.53. The molecule has 3 heteroatoms. The van der Waals surface area contributed by atoms with Crippen molar-refractivity contribution in [3.8, 4) is 5.69 Å². The Labute approximate surface area is 124 Å². The number of rotatable bonds is 3. The second kappa shape index (κ2) is 4.48. The van der Waals surface area contributed by atoms with Crippen molar-refractivity contribution in [1.29, 1.82) is 0 Å². The van der Waals surface area contributed by atoms with E-state index < -0.39 is 0 Å². The van der Waals surface area contributed by atoms with Crippen LogP contribution in [0.25, 0.3) is 5.69 Å². The third-order valence-electron chi connectivity index (χ3n) is 4.30. The van der Waals surface area contributed by atoms with E-state index in [2.05, 4.69) is 30.3 Å². The van der Waals surface area contributed by atoms with Crippen LogP contribution in [0.1, 0.15) is 24.1 Å². The summed E-state index contributed by atoms with van der Waals surface area (Å²) >= 11 is 0. The summed E-state index contributed by atoms with van der Waals surface area (Å²) in [6.07, 6.45) is 2.28. The third-order valence-corrected chi connectivity index (χ3v) is 4.30. The molecule has 4 rings (SSSR count). The molecule has 0 saturated heterocycles. The van der Waals surface area contributed by atoms with Gasteiger partial charge in [0.25, 0.3) is 0 Å². The number of benzene rings is 2. The molecule has 1 aromatic heterocycles. The maximum absolute atomic E-state index is 6.18. The van der Waals surface area contributed by atoms with E-state index in [4.69, 9.17) is 10.8 Å². The van der Waals surface area contributed by atoms with Gasteiger partial charge in [-0.3, -0.25) is 0 Å². The predicted molar refractivity (Wildman–Crippen MR) is 84.4 cm³/mol. The lowest BCUT2D eigenvalue weighted by Gasteiger charge is -2.12. The van der Waals surface area contributed by atoms with E-state index in [1.165, 1.54) is 5.56 Å². The van der Waals surface area contributed by atoms with Gasteiger partial charge in [0.1, 0.15) is 5.82 Å². The first-order valence-corrected chi connectivity index (χ1v) is 7.27. The van der Waals surface area contributed by atoms with Crippen molar-refractivity contribution in [2.24, 2.45) is 0 Å². The van der Waals surface area contributed by atoms with Gasteiger partial charge in [-0.25, -0.2) is 4.68 Å². The lowest BCUT2D eigenvalue weighted by Crippen LogP contribution is -2.10. The molecule has 0 bridgehead atoms. The van der Waals surface area contributed by atoms with Gasteiger partial charge >= 0.3 is 0 Å². The van der Waals surface area contributed by atoms with E-state index >= 15 is 0 Å². The average molecular weight is 275 g/mol. The summed E-state index contributed by atoms with van der Waals surface area (Å²) in [6.45, 7) is 0. The quantitative estimate of drug-likeness (QED) is 0.794. The van der Waals surface area contributed by atoms with Gasteiger partial charge in [-0.1, -0.05) is 48.5 Å². The minimum Gasteiger partial charge on any atom is -0.384 e. The molecule has 1 aliphatic carbocycles. The summed E-state index contributed by atoms with van der Waals surface area (Å²) in [5.74, 6) is 0.693. The molecule has 2 aromatic carbocycles. The number of anilines is 1. The molecule has 0 radical (unpaired) electrons. The van der Waals surface area contributed by atoms with E-state index in [9.17, 15) is 0 Å². The number of aromatic nitrogens is 2. The van der Waals surface area contributed by atoms with E-state index in [1.54, 1.807) is 0 Å². The van der Waals surface area contributed by atoms with Crippen molar-refractivity contribution in [2.45, 2.75) is 18.3 Å². The van der Waals surface area contributed by atoms with Crippen LogP contribution >= 0.6 is 0 Å². The van der Waals surface area contributed by atoms with Crippen LogP contribution < -0.4 is 5.73 Å². The molecule has 0 aliphatic heterocycles. The van der Waals surface area contributed by atoms with Crippen LogP contribution in [-0.4, -0.2) is 9.78 Å². The Morgan fingerprint density at radius 1 is 0.905 bits per heavy atom. The van der Waals surface area contributed by atoms with Crippen LogP contribution in [0.5, 0.6) is 0 Å². The molecule has 3 nitrogen and oxygen atoms in total. The number of nitrogens with zero attached hydrogens (tertiary/aromatic N) is 2. The standard InChI is InChI=1S/C18H17N3/c19-17-13-16(20-21(17)15-9-5-2-6-10-15)18(11-12-18)14-7-3-1-4-8-14/h1-10,13H,11-12,19H2. The first-order chi connectivity index (χ1) is 10.3. The lowest BCUT2D eigenvalue weighted by molar-refractivity contribution is 0.756. The van der Waals surface area contributed by atoms with E-state index in [1.807, 2.05) is 41.1 Å². The minimum atomic E-state index is 0.0649. The van der Waals surface area contributed by atoms with E-state index in [0.29, 0.717) is 5.82 Å². The van der Waals surface area contributed by atoms with Crippen molar-refractivity contribution >= 4 is 5.82 Å². The maximum atomic E-state index is 6.18. The molecule has 21 heavy (non-hydrogen) atoms. The van der Waals surface area contributed by atoms with Gasteiger partial charge in [0, 0.05) is 11.5 Å². The van der Waals surface area contributed by atoms with Crippen LogP contribution in [0.15, 0.2) is 66.7 Å². The van der Waals surface area contributed by atoms with Crippen molar-refractivity contribution < 1.29 is 0 Å². The van der Waals surface area contributed by atoms with E-state index in [0.717, 1.165) is 24.2 Å². The van der Waals surface area contributed by atoms with Crippen molar-refractivity contribution in [1.82, 2.24) is 9.78 Å². The van der Waals surface area contributed by atoms with Gasteiger partial charge in [0.15, 0.2) is 0 Å². The minimum absolute atomic E-state index is 0.0649. The highest BCUT2D eigenvalue weighted by molar-refractivity contribution is 5.49. The van der Waals surface area contributed by atoms with Gasteiger partial charge in [0.05, 0.1) is 11.4 Å². The van der Waals surface area contributed by atoms with E-state index in [-0.39, 0.29) is 5.41 Å². The molecular formula is C18H17N3. The summed E-state index contributed by atoms with van der Waals surface area (Å²) < 4.78 is 1.83. The second-order valence-corrected chi connectivity index (χ2v) is 5.65. The molecule has 2 N–H and O–H groups in total. The Hall–Kier alpha value is -2.55. The number of nitrogen functional groups attached to an aromatic ring is 1. The Bertz CT molecular complexity index is 756. The highest BCUT2D eigenvalue weighted by Crippen LogP contribution is 2.53. The lowest BCUT2D eigenvalue weighted by atomic mass is 9.93. The highest BCUT2D eigenvalue weighted by Gasteiger charge is 2.48. The van der Waals surface area contributed by atoms with Gasteiger partial charge < -0.3 is 5.73 Å². The van der Waals surface area contributed by atoms with Crippen LogP contribution in [0.2, 0.25) is 0 Å². The fraction of sp³-hybridized carbons (Fsp3) is 0.167. The maximum Gasteiger partial charge on any atom is 0.127 e. The molecule has 1 aliphatic rings. The van der Waals surface area contributed by atoms with Crippen molar-refractivity contribution in [3.05, 3.63) is 78.0 Å². The molecule has 3 aromatic rings. The number of nitrogens with two attached hydrogens (primary N) is 1. The Balaban J connectivity index is 1.78. The number of hydrogen-bond donors (Lipinski definition) is 1. The molecule has 1 heterocycles. The molecule has 1 saturated carbocycles. The first-order valence-electron chi connectivity index (χ1n) is 7.27. The third kappa shape index (κ3) is 1.93. The molecule has 0 unspecified atom stereocenters. The Morgan fingerprint density at radius 2 is 1.52 bits per heavy atom. The summed E-state index contributed by atoms with van der Waals surface area (Å²) in [5.41, 5.74) is 9.66. The SMILES string of the molecule is Nc1cc(C2(c3ccccc3)CC2)nn1-c1ccccc1. The van der Waals surface area contributed by atoms with Crippen molar-refractivity contribution in [2.75, 3.05) is 5.73 Å². The monoisotopic (exact) mass is 275 g/mol. The van der Waals surface area contributed by atoms with Crippen LogP contribution in [-0.2, 0) is 5.41 Å². The average Bonchev–Trinajstić information content (AvgIpc) is 3.26. The van der Waals surface area contributed by atoms with Gasteiger partial charge in [0.2, 0.25) is 0 Å². The number of hydrogen-bond acceptors (Lipinski definition) is 2. The zero-order chi connectivity index (χ0) is 14.3. The largest absolute Gasteiger partial charge is 0.384 e. The summed E-state index contributed by atoms with van der Waals surface area (Å²) in [7, 11) is 0. The first kappa shape index (κ1) is 12.2. The van der Waals surface area contributed by atoms with Crippen LogP contribution in [0.3, 0.4) is 0 Å². The molecule has 0 amide bonds.